The number of hydrogen-bond donors (Lipinski definition) is 1. The molecule has 3 aromatic rings. The quantitative estimate of drug-likeness (QED) is 0.745. The summed E-state index contributed by atoms with van der Waals surface area (Å²) >= 11 is 0. The molecule has 0 saturated heterocycles. The molecule has 2 aromatic heterocycles. The SMILES string of the molecule is C#Cc1nc(-c2ccc(=O)n(C(C)C)n2)c(-c2ccccc2)nc1N. The van der Waals surface area contributed by atoms with Crippen LogP contribution >= 0.6 is 0 Å². The number of nitrogens with two attached hydrogens (primary N) is 1. The average molecular weight is 331 g/mol. The minimum absolute atomic E-state index is 0.0820. The standard InChI is InChI=1S/C19H17N5O/c1-4-14-19(20)22-17(13-8-6-5-7-9-13)18(21-14)15-10-11-16(25)24(23-15)12(2)3/h1,5-12H,2-3H3,(H2,20,22). The lowest BCUT2D eigenvalue weighted by atomic mass is 10.1. The molecule has 6 nitrogen and oxygen atoms in total. The first kappa shape index (κ1) is 16.4. The van der Waals surface area contributed by atoms with Gasteiger partial charge in [0.1, 0.15) is 17.1 Å². The van der Waals surface area contributed by atoms with Crippen LogP contribution in [0.2, 0.25) is 0 Å². The van der Waals surface area contributed by atoms with E-state index in [4.69, 9.17) is 12.2 Å². The van der Waals surface area contributed by atoms with Crippen LogP contribution in [0.3, 0.4) is 0 Å². The second kappa shape index (κ2) is 6.57. The number of nitrogens with zero attached hydrogens (tertiary/aromatic N) is 4. The molecule has 0 unspecified atom stereocenters. The zero-order chi connectivity index (χ0) is 18.0. The largest absolute Gasteiger partial charge is 0.381 e. The molecule has 0 fully saturated rings. The van der Waals surface area contributed by atoms with Crippen molar-refractivity contribution in [1.29, 1.82) is 0 Å². The lowest BCUT2D eigenvalue weighted by Gasteiger charge is -2.13. The highest BCUT2D eigenvalue weighted by Gasteiger charge is 2.17. The summed E-state index contributed by atoms with van der Waals surface area (Å²) in [6.45, 7) is 3.77. The van der Waals surface area contributed by atoms with Crippen molar-refractivity contribution < 1.29 is 0 Å². The fourth-order valence-corrected chi connectivity index (χ4v) is 2.45. The Kier molecular flexibility index (Phi) is 4.31. The van der Waals surface area contributed by atoms with Crippen LogP contribution in [0, 0.1) is 12.3 Å². The van der Waals surface area contributed by atoms with Crippen LogP contribution < -0.4 is 11.3 Å². The third kappa shape index (κ3) is 3.12. The molecule has 2 N–H and O–H groups in total. The number of benzene rings is 1. The van der Waals surface area contributed by atoms with Gasteiger partial charge in [-0.3, -0.25) is 4.79 Å². The molecule has 25 heavy (non-hydrogen) atoms. The first-order valence-corrected chi connectivity index (χ1v) is 7.81. The van der Waals surface area contributed by atoms with Gasteiger partial charge in [0, 0.05) is 11.6 Å². The van der Waals surface area contributed by atoms with Crippen LogP contribution in [0.5, 0.6) is 0 Å². The Bertz CT molecular complexity index is 1020. The minimum Gasteiger partial charge on any atom is -0.381 e. The van der Waals surface area contributed by atoms with Crippen LogP contribution in [0.4, 0.5) is 5.82 Å². The molecule has 0 bridgehead atoms. The van der Waals surface area contributed by atoms with Gasteiger partial charge in [-0.15, -0.1) is 6.42 Å². The topological polar surface area (TPSA) is 86.7 Å². The van der Waals surface area contributed by atoms with Gasteiger partial charge >= 0.3 is 0 Å². The summed E-state index contributed by atoms with van der Waals surface area (Å²) in [5.41, 5.74) is 8.40. The highest BCUT2D eigenvalue weighted by Crippen LogP contribution is 2.29. The van der Waals surface area contributed by atoms with Crippen molar-refractivity contribution in [3.8, 4) is 35.0 Å². The van der Waals surface area contributed by atoms with Gasteiger partial charge in [0.15, 0.2) is 11.5 Å². The van der Waals surface area contributed by atoms with Gasteiger partial charge < -0.3 is 5.73 Å². The Balaban J connectivity index is 2.30. The molecular formula is C19H17N5O. The van der Waals surface area contributed by atoms with Gasteiger partial charge in [0.25, 0.3) is 5.56 Å². The lowest BCUT2D eigenvalue weighted by Crippen LogP contribution is -2.24. The molecule has 3 rings (SSSR count). The number of nitrogen functional groups attached to an aromatic ring is 1. The maximum absolute atomic E-state index is 12.0. The summed E-state index contributed by atoms with van der Waals surface area (Å²) in [6, 6.07) is 12.5. The van der Waals surface area contributed by atoms with Gasteiger partial charge in [-0.2, -0.15) is 5.10 Å². The van der Waals surface area contributed by atoms with Crippen molar-refractivity contribution >= 4 is 5.82 Å². The Morgan fingerprint density at radius 1 is 1.08 bits per heavy atom. The molecule has 0 spiro atoms. The Hall–Kier alpha value is -3.46. The highest BCUT2D eigenvalue weighted by atomic mass is 16.1. The van der Waals surface area contributed by atoms with Crippen molar-refractivity contribution in [2.45, 2.75) is 19.9 Å². The van der Waals surface area contributed by atoms with E-state index >= 15 is 0 Å². The smallest absolute Gasteiger partial charge is 0.267 e. The summed E-state index contributed by atoms with van der Waals surface area (Å²) in [7, 11) is 0. The summed E-state index contributed by atoms with van der Waals surface area (Å²) < 4.78 is 1.40. The third-order valence-corrected chi connectivity index (χ3v) is 3.66. The fourth-order valence-electron chi connectivity index (χ4n) is 2.45. The van der Waals surface area contributed by atoms with Crippen LogP contribution in [0.15, 0.2) is 47.3 Å². The monoisotopic (exact) mass is 331 g/mol. The van der Waals surface area contributed by atoms with Crippen LogP contribution in [0.25, 0.3) is 22.6 Å². The number of rotatable bonds is 3. The van der Waals surface area contributed by atoms with E-state index in [0.717, 1.165) is 5.56 Å². The van der Waals surface area contributed by atoms with E-state index < -0.39 is 0 Å². The zero-order valence-corrected chi connectivity index (χ0v) is 14.0. The summed E-state index contributed by atoms with van der Waals surface area (Å²) in [6.07, 6.45) is 5.48. The molecule has 0 aliphatic carbocycles. The minimum atomic E-state index is -0.180. The third-order valence-electron chi connectivity index (χ3n) is 3.66. The molecule has 1 aromatic carbocycles. The van der Waals surface area contributed by atoms with Crippen molar-refractivity contribution in [3.05, 3.63) is 58.5 Å². The average Bonchev–Trinajstić information content (AvgIpc) is 2.62. The van der Waals surface area contributed by atoms with Gasteiger partial charge in [-0.1, -0.05) is 30.3 Å². The fraction of sp³-hybridized carbons (Fsp3) is 0.158. The van der Waals surface area contributed by atoms with Crippen molar-refractivity contribution in [2.24, 2.45) is 0 Å². The van der Waals surface area contributed by atoms with E-state index in [2.05, 4.69) is 21.0 Å². The normalized spacial score (nSPS) is 10.6. The molecule has 0 amide bonds. The first-order valence-electron chi connectivity index (χ1n) is 7.81. The summed E-state index contributed by atoms with van der Waals surface area (Å²) in [4.78, 5) is 20.9. The van der Waals surface area contributed by atoms with Crippen LogP contribution in [-0.4, -0.2) is 19.7 Å². The number of hydrogen-bond acceptors (Lipinski definition) is 5. The van der Waals surface area contributed by atoms with E-state index in [1.807, 2.05) is 44.2 Å². The van der Waals surface area contributed by atoms with E-state index in [-0.39, 0.29) is 23.1 Å². The molecule has 0 atom stereocenters. The predicted octanol–water partition coefficient (Wildman–Crippen LogP) is 2.51. The maximum Gasteiger partial charge on any atom is 0.267 e. The van der Waals surface area contributed by atoms with Crippen molar-refractivity contribution in [1.82, 2.24) is 19.7 Å². The van der Waals surface area contributed by atoms with Gasteiger partial charge in [0.2, 0.25) is 0 Å². The van der Waals surface area contributed by atoms with E-state index in [0.29, 0.717) is 17.1 Å². The van der Waals surface area contributed by atoms with Crippen molar-refractivity contribution in [2.75, 3.05) is 5.73 Å². The molecular weight excluding hydrogens is 314 g/mol. The summed E-state index contributed by atoms with van der Waals surface area (Å²) in [5, 5.41) is 4.43. The Labute approximate surface area is 145 Å². The predicted molar refractivity (Wildman–Crippen MR) is 97.7 cm³/mol. The second-order valence-electron chi connectivity index (χ2n) is 5.76. The molecule has 0 radical (unpaired) electrons. The van der Waals surface area contributed by atoms with Gasteiger partial charge in [0.05, 0.1) is 6.04 Å². The number of anilines is 1. The lowest BCUT2D eigenvalue weighted by molar-refractivity contribution is 0.504. The van der Waals surface area contributed by atoms with Gasteiger partial charge in [-0.25, -0.2) is 14.6 Å². The van der Waals surface area contributed by atoms with Gasteiger partial charge in [-0.05, 0) is 25.8 Å². The Morgan fingerprint density at radius 3 is 2.44 bits per heavy atom. The molecule has 0 aliphatic rings. The van der Waals surface area contributed by atoms with Crippen LogP contribution in [0.1, 0.15) is 25.6 Å². The number of terminal acetylenes is 1. The van der Waals surface area contributed by atoms with Crippen LogP contribution in [-0.2, 0) is 0 Å². The second-order valence-corrected chi connectivity index (χ2v) is 5.76. The molecule has 0 aliphatic heterocycles. The number of aromatic nitrogens is 4. The van der Waals surface area contributed by atoms with E-state index in [9.17, 15) is 4.79 Å². The van der Waals surface area contributed by atoms with Crippen molar-refractivity contribution in [3.63, 3.8) is 0 Å². The maximum atomic E-state index is 12.0. The molecule has 6 heteroatoms. The Morgan fingerprint density at radius 2 is 1.80 bits per heavy atom. The summed E-state index contributed by atoms with van der Waals surface area (Å²) in [5.74, 6) is 2.62. The zero-order valence-electron chi connectivity index (χ0n) is 14.0. The molecule has 2 heterocycles. The highest BCUT2D eigenvalue weighted by molar-refractivity contribution is 5.77. The first-order chi connectivity index (χ1) is 12.0. The molecule has 0 saturated carbocycles. The van der Waals surface area contributed by atoms with E-state index in [1.165, 1.54) is 10.7 Å². The van der Waals surface area contributed by atoms with E-state index in [1.54, 1.807) is 6.07 Å². The molecule has 124 valence electrons.